The monoisotopic (exact) mass is 87.0 g/mol. The van der Waals surface area contributed by atoms with Gasteiger partial charge in [-0.1, -0.05) is 6.05 Å². The summed E-state index contributed by atoms with van der Waals surface area (Å²) in [4.78, 5) is 9.61. The highest BCUT2D eigenvalue weighted by molar-refractivity contribution is 5.79. The van der Waals surface area contributed by atoms with Crippen molar-refractivity contribution in [3.8, 4) is 0 Å². The van der Waals surface area contributed by atoms with Gasteiger partial charge in [-0.3, -0.25) is 0 Å². The zero-order valence-electron chi connectivity index (χ0n) is 4.43. The highest BCUT2D eigenvalue weighted by Crippen LogP contribution is 1.65. The van der Waals surface area contributed by atoms with Gasteiger partial charge in [0.2, 0.25) is 0 Å². The van der Waals surface area contributed by atoms with Crippen LogP contribution < -0.4 is 0 Å². The van der Waals surface area contributed by atoms with E-state index in [9.17, 15) is 4.79 Å². The van der Waals surface area contributed by atoms with Crippen LogP contribution >= 0.6 is 0 Å². The molecule has 0 saturated heterocycles. The minimum absolute atomic E-state index is 0.0625. The summed E-state index contributed by atoms with van der Waals surface area (Å²) < 4.78 is 6.59. The van der Waals surface area contributed by atoms with Crippen molar-refractivity contribution in [3.63, 3.8) is 0 Å². The second-order valence-corrected chi connectivity index (χ2v) is 0.771. The van der Waals surface area contributed by atoms with Crippen LogP contribution in [0.15, 0.2) is 12.1 Å². The van der Waals surface area contributed by atoms with E-state index in [1.54, 1.807) is 0 Å². The third-order valence-corrected chi connectivity index (χ3v) is 0.268. The topological polar surface area (TPSA) is 37.3 Å². The molecule has 0 rings (SSSR count). The summed E-state index contributed by atoms with van der Waals surface area (Å²) in [6.07, 6.45) is 0.833. The predicted molar refractivity (Wildman–Crippen MR) is 22.4 cm³/mol. The number of carboxylic acid groups (broad SMARTS) is 1. The van der Waals surface area contributed by atoms with Gasteiger partial charge in [0.15, 0.2) is 0 Å². The first-order valence-electron chi connectivity index (χ1n) is 2.01. The largest absolute Gasteiger partial charge is 0.478 e. The average Bonchev–Trinajstić information content (AvgIpc) is 1.27. The maximum absolute atomic E-state index is 9.61. The Morgan fingerprint density at radius 1 is 2.17 bits per heavy atom. The molecule has 0 atom stereocenters. The van der Waals surface area contributed by atoms with Crippen molar-refractivity contribution in [2.45, 2.75) is 6.92 Å². The molecule has 0 aliphatic heterocycles. The fourth-order valence-corrected chi connectivity index (χ4v) is 0.123. The van der Waals surface area contributed by atoms with Gasteiger partial charge in [-0.2, -0.15) is 0 Å². The van der Waals surface area contributed by atoms with Crippen molar-refractivity contribution in [3.05, 3.63) is 12.1 Å². The van der Waals surface area contributed by atoms with Crippen LogP contribution in [-0.2, 0) is 4.79 Å². The molecule has 0 fully saturated rings. The molecule has 0 aromatic carbocycles. The van der Waals surface area contributed by atoms with Crippen LogP contribution in [0.3, 0.4) is 0 Å². The molecule has 2 heteroatoms. The highest BCUT2D eigenvalue weighted by atomic mass is 16.4. The van der Waals surface area contributed by atoms with Gasteiger partial charge in [0.25, 0.3) is 0 Å². The predicted octanol–water partition coefficient (Wildman–Crippen LogP) is 0.647. The number of rotatable bonds is 1. The molecular weight excluding hydrogens is 80.0 g/mol. The Hall–Kier alpha value is -0.790. The van der Waals surface area contributed by atoms with Crippen LogP contribution in [0.5, 0.6) is 0 Å². The van der Waals surface area contributed by atoms with Crippen LogP contribution in [0.1, 0.15) is 8.29 Å². The van der Waals surface area contributed by atoms with Gasteiger partial charge in [0.1, 0.15) is 0 Å². The van der Waals surface area contributed by atoms with E-state index in [1.807, 2.05) is 0 Å². The Kier molecular flexibility index (Phi) is 1.39. The molecule has 1 N–H and O–H groups in total. The molecule has 0 aliphatic rings. The molecule has 6 heavy (non-hydrogen) atoms. The second-order valence-electron chi connectivity index (χ2n) is 0.771. The molecule has 0 unspecified atom stereocenters. The lowest BCUT2D eigenvalue weighted by Gasteiger charge is -1.68. The molecular formula is C4H6O2. The summed E-state index contributed by atoms with van der Waals surface area (Å²) in [6.45, 7) is 1.41. The first-order valence-corrected chi connectivity index (χ1v) is 1.51. The van der Waals surface area contributed by atoms with E-state index >= 15 is 0 Å². The molecule has 34 valence electrons. The van der Waals surface area contributed by atoms with Crippen LogP contribution in [0.25, 0.3) is 0 Å². The van der Waals surface area contributed by atoms with Crippen molar-refractivity contribution in [1.29, 1.82) is 0 Å². The fraction of sp³-hybridized carbons (Fsp3) is 0.250. The molecule has 0 saturated carbocycles. The van der Waals surface area contributed by atoms with E-state index < -0.39 is 5.97 Å². The molecule has 0 bridgehead atoms. The van der Waals surface area contributed by atoms with Gasteiger partial charge >= 0.3 is 5.97 Å². The maximum atomic E-state index is 9.61. The molecule has 2 nitrogen and oxygen atoms in total. The molecule has 0 spiro atoms. The van der Waals surface area contributed by atoms with E-state index in [0.717, 1.165) is 6.08 Å². The van der Waals surface area contributed by atoms with E-state index in [-0.39, 0.29) is 6.05 Å². The SMILES string of the molecule is [2H]/C(C)=C\C(=O)O. The number of hydrogen-bond acceptors (Lipinski definition) is 1. The van der Waals surface area contributed by atoms with E-state index in [0.29, 0.717) is 0 Å². The van der Waals surface area contributed by atoms with Crippen molar-refractivity contribution in [1.82, 2.24) is 0 Å². The third kappa shape index (κ3) is 3.21. The Bertz CT molecular complexity index is 102. The second kappa shape index (κ2) is 2.45. The van der Waals surface area contributed by atoms with Crippen molar-refractivity contribution in [2.24, 2.45) is 0 Å². The van der Waals surface area contributed by atoms with Crippen LogP contribution in [0, 0.1) is 0 Å². The normalized spacial score (nSPS) is 13.5. The maximum Gasteiger partial charge on any atom is 0.327 e. The quantitative estimate of drug-likeness (QED) is 0.477. The number of allylic oxidation sites excluding steroid dienone is 1. The molecule has 0 aromatic rings. The summed E-state index contributed by atoms with van der Waals surface area (Å²) >= 11 is 0. The third-order valence-electron chi connectivity index (χ3n) is 0.268. The summed E-state index contributed by atoms with van der Waals surface area (Å²) in [5.41, 5.74) is 0. The van der Waals surface area contributed by atoms with Crippen LogP contribution in [-0.4, -0.2) is 11.1 Å². The Balaban J connectivity index is 3.68. The first kappa shape index (κ1) is 3.40. The zero-order chi connectivity index (χ0) is 5.86. The lowest BCUT2D eigenvalue weighted by atomic mass is 10.5. The number of carbonyl (C=O) groups is 1. The van der Waals surface area contributed by atoms with Gasteiger partial charge in [-0.25, -0.2) is 4.79 Å². The number of aliphatic carboxylic acids is 1. The van der Waals surface area contributed by atoms with E-state index in [2.05, 4.69) is 0 Å². The Labute approximate surface area is 37.5 Å². The van der Waals surface area contributed by atoms with Crippen molar-refractivity contribution < 1.29 is 11.3 Å². The van der Waals surface area contributed by atoms with Gasteiger partial charge in [-0.15, -0.1) is 0 Å². The van der Waals surface area contributed by atoms with Crippen molar-refractivity contribution in [2.75, 3.05) is 0 Å². The molecule has 0 radical (unpaired) electrons. The Morgan fingerprint density at radius 3 is 2.67 bits per heavy atom. The fourth-order valence-electron chi connectivity index (χ4n) is 0.123. The summed E-state index contributed by atoms with van der Waals surface area (Å²) in [6, 6.07) is 0.0625. The standard InChI is InChI=1S/C4H6O2/c1-2-3-4(5)6/h2-3H,1H3,(H,5,6)/b3-2+/i2D. The molecule has 0 aromatic heterocycles. The van der Waals surface area contributed by atoms with Gasteiger partial charge < -0.3 is 5.11 Å². The summed E-state index contributed by atoms with van der Waals surface area (Å²) in [7, 11) is 0. The zero-order valence-corrected chi connectivity index (χ0v) is 3.43. The summed E-state index contributed by atoms with van der Waals surface area (Å²) in [5.74, 6) is -1.06. The highest BCUT2D eigenvalue weighted by Gasteiger charge is 1.76. The van der Waals surface area contributed by atoms with Gasteiger partial charge in [-0.05, 0) is 6.92 Å². The molecule has 0 aliphatic carbocycles. The minimum atomic E-state index is -1.06. The van der Waals surface area contributed by atoms with Crippen molar-refractivity contribution >= 4 is 5.97 Å². The lowest BCUT2D eigenvalue weighted by molar-refractivity contribution is -0.131. The summed E-state index contributed by atoms with van der Waals surface area (Å²) in [5, 5.41) is 7.89. The van der Waals surface area contributed by atoms with E-state index in [1.165, 1.54) is 6.92 Å². The van der Waals surface area contributed by atoms with E-state index in [4.69, 9.17) is 6.48 Å². The number of hydrogen-bond donors (Lipinski definition) is 1. The van der Waals surface area contributed by atoms with Crippen LogP contribution in [0.4, 0.5) is 0 Å². The lowest BCUT2D eigenvalue weighted by Crippen LogP contribution is -1.83. The number of carboxylic acids is 1. The molecule has 0 heterocycles. The average molecular weight is 87.1 g/mol. The van der Waals surface area contributed by atoms with Gasteiger partial charge in [0.05, 0.1) is 1.37 Å². The Morgan fingerprint density at radius 2 is 2.67 bits per heavy atom. The van der Waals surface area contributed by atoms with Gasteiger partial charge in [0, 0.05) is 6.08 Å². The first-order chi connectivity index (χ1) is 3.13. The van der Waals surface area contributed by atoms with Crippen LogP contribution in [0.2, 0.25) is 0 Å². The smallest absolute Gasteiger partial charge is 0.327 e. The molecule has 0 amide bonds. The minimum Gasteiger partial charge on any atom is -0.478 e.